The molecule has 0 fully saturated rings. The molecular formula is C12H22N4O2S. The van der Waals surface area contributed by atoms with Crippen LogP contribution in [0.5, 0.6) is 0 Å². The van der Waals surface area contributed by atoms with E-state index >= 15 is 0 Å². The van der Waals surface area contributed by atoms with Crippen molar-refractivity contribution < 1.29 is 9.00 Å². The largest absolute Gasteiger partial charge is 0.355 e. The normalized spacial score (nSPS) is 13.2. The third-order valence-corrected chi connectivity index (χ3v) is 4.49. The fourth-order valence-corrected chi connectivity index (χ4v) is 2.33. The minimum atomic E-state index is -0.921. The van der Waals surface area contributed by atoms with E-state index in [2.05, 4.69) is 15.4 Å². The first kappa shape index (κ1) is 15.8. The summed E-state index contributed by atoms with van der Waals surface area (Å²) in [5, 5.41) is 6.75. The van der Waals surface area contributed by atoms with Crippen molar-refractivity contribution in [2.45, 2.75) is 44.9 Å². The summed E-state index contributed by atoms with van der Waals surface area (Å²) in [4.78, 5) is 15.4. The number of carbonyl (C=O) groups is 1. The second-order valence-corrected chi connectivity index (χ2v) is 7.60. The van der Waals surface area contributed by atoms with E-state index in [4.69, 9.17) is 0 Å². The second-order valence-electron chi connectivity index (χ2n) is 5.27. The summed E-state index contributed by atoms with van der Waals surface area (Å²) < 4.78 is 13.2. The summed E-state index contributed by atoms with van der Waals surface area (Å²) in [6.07, 6.45) is 4.27. The Morgan fingerprint density at radius 1 is 1.42 bits per heavy atom. The van der Waals surface area contributed by atoms with Crippen molar-refractivity contribution in [2.75, 3.05) is 12.3 Å². The van der Waals surface area contributed by atoms with Crippen molar-refractivity contribution in [3.63, 3.8) is 0 Å². The van der Waals surface area contributed by atoms with Crippen molar-refractivity contribution >= 4 is 16.7 Å². The van der Waals surface area contributed by atoms with Crippen LogP contribution in [-0.4, -0.2) is 41.9 Å². The highest BCUT2D eigenvalue weighted by Crippen LogP contribution is 2.10. The van der Waals surface area contributed by atoms with Gasteiger partial charge in [-0.25, -0.2) is 4.98 Å². The third-order valence-electron chi connectivity index (χ3n) is 2.55. The minimum Gasteiger partial charge on any atom is -0.355 e. The molecule has 0 aromatic carbocycles. The number of rotatable bonds is 7. The highest BCUT2D eigenvalue weighted by molar-refractivity contribution is 7.86. The summed E-state index contributed by atoms with van der Waals surface area (Å²) in [5.41, 5.74) is 0. The maximum atomic E-state index is 11.8. The molecule has 1 rings (SSSR count). The summed E-state index contributed by atoms with van der Waals surface area (Å²) >= 11 is 0. The fourth-order valence-electron chi connectivity index (χ4n) is 1.43. The predicted molar refractivity (Wildman–Crippen MR) is 75.0 cm³/mol. The van der Waals surface area contributed by atoms with Crippen LogP contribution < -0.4 is 5.32 Å². The van der Waals surface area contributed by atoms with Crippen molar-refractivity contribution in [1.29, 1.82) is 0 Å². The third kappa shape index (κ3) is 6.47. The minimum absolute atomic E-state index is 0.00831. The molecule has 1 N–H and O–H groups in total. The van der Waals surface area contributed by atoms with Crippen molar-refractivity contribution in [3.8, 4) is 0 Å². The van der Waals surface area contributed by atoms with E-state index in [0.29, 0.717) is 25.3 Å². The Bertz CT molecular complexity index is 412. The van der Waals surface area contributed by atoms with Gasteiger partial charge in [0.2, 0.25) is 5.91 Å². The van der Waals surface area contributed by atoms with Crippen molar-refractivity contribution in [3.05, 3.63) is 12.7 Å². The zero-order valence-corrected chi connectivity index (χ0v) is 12.6. The monoisotopic (exact) mass is 286 g/mol. The van der Waals surface area contributed by atoms with Gasteiger partial charge in [0.05, 0.1) is 0 Å². The molecule has 1 aromatic rings. The SMILES string of the molecule is CC(C)(C)S(=O)CCNC(=O)CCCn1cncn1. The average Bonchev–Trinajstić information content (AvgIpc) is 2.80. The molecule has 0 saturated carbocycles. The van der Waals surface area contributed by atoms with E-state index in [1.165, 1.54) is 6.33 Å². The quantitative estimate of drug-likeness (QED) is 0.801. The molecule has 1 aromatic heterocycles. The van der Waals surface area contributed by atoms with Crippen molar-refractivity contribution in [2.24, 2.45) is 0 Å². The van der Waals surface area contributed by atoms with E-state index in [1.54, 1.807) is 11.0 Å². The van der Waals surface area contributed by atoms with Gasteiger partial charge in [-0.05, 0) is 27.2 Å². The molecule has 0 aliphatic carbocycles. The van der Waals surface area contributed by atoms with E-state index in [0.717, 1.165) is 6.42 Å². The first-order valence-electron chi connectivity index (χ1n) is 6.37. The molecule has 0 saturated heterocycles. The Hall–Kier alpha value is -1.24. The number of aryl methyl sites for hydroxylation is 1. The lowest BCUT2D eigenvalue weighted by atomic mass is 10.3. The smallest absolute Gasteiger partial charge is 0.220 e. The highest BCUT2D eigenvalue weighted by Gasteiger charge is 2.18. The summed E-state index contributed by atoms with van der Waals surface area (Å²) in [6.45, 7) is 6.95. The van der Waals surface area contributed by atoms with Gasteiger partial charge in [-0.2, -0.15) is 5.10 Å². The Balaban J connectivity index is 2.10. The van der Waals surface area contributed by atoms with Crippen LogP contribution in [0.15, 0.2) is 12.7 Å². The van der Waals surface area contributed by atoms with Gasteiger partial charge in [-0.15, -0.1) is 0 Å². The lowest BCUT2D eigenvalue weighted by Gasteiger charge is -2.17. The van der Waals surface area contributed by atoms with Gasteiger partial charge >= 0.3 is 0 Å². The molecule has 0 aliphatic heterocycles. The lowest BCUT2D eigenvalue weighted by Crippen LogP contribution is -2.32. The molecule has 0 radical (unpaired) electrons. The Kier molecular flexibility index (Phi) is 6.14. The molecule has 1 atom stereocenters. The molecule has 19 heavy (non-hydrogen) atoms. The topological polar surface area (TPSA) is 76.9 Å². The van der Waals surface area contributed by atoms with E-state index < -0.39 is 10.8 Å². The van der Waals surface area contributed by atoms with Gasteiger partial charge < -0.3 is 5.32 Å². The molecule has 0 aliphatic rings. The van der Waals surface area contributed by atoms with Gasteiger partial charge in [0.1, 0.15) is 12.7 Å². The van der Waals surface area contributed by atoms with Crippen LogP contribution in [0.1, 0.15) is 33.6 Å². The molecule has 1 amide bonds. The summed E-state index contributed by atoms with van der Waals surface area (Å²) in [6, 6.07) is 0. The molecule has 0 bridgehead atoms. The van der Waals surface area contributed by atoms with E-state index in [1.807, 2.05) is 20.8 Å². The first-order valence-corrected chi connectivity index (χ1v) is 7.69. The van der Waals surface area contributed by atoms with E-state index in [9.17, 15) is 9.00 Å². The maximum absolute atomic E-state index is 11.8. The number of hydrogen-bond donors (Lipinski definition) is 1. The van der Waals surface area contributed by atoms with Crippen LogP contribution in [0, 0.1) is 0 Å². The number of amides is 1. The maximum Gasteiger partial charge on any atom is 0.220 e. The zero-order valence-electron chi connectivity index (χ0n) is 11.8. The zero-order chi connectivity index (χ0) is 14.3. The molecule has 0 spiro atoms. The van der Waals surface area contributed by atoms with Crippen LogP contribution in [0.3, 0.4) is 0 Å². The molecule has 1 heterocycles. The van der Waals surface area contributed by atoms with Crippen LogP contribution in [0.4, 0.5) is 0 Å². The van der Waals surface area contributed by atoms with Crippen LogP contribution in [-0.2, 0) is 22.1 Å². The predicted octanol–water partition coefficient (Wildman–Crippen LogP) is 0.722. The van der Waals surface area contributed by atoms with Gasteiger partial charge in [-0.3, -0.25) is 13.7 Å². The second kappa shape index (κ2) is 7.37. The standard InChI is InChI=1S/C12H22N4O2S/c1-12(2,3)19(18)8-6-14-11(17)5-4-7-16-10-13-9-15-16/h9-10H,4-8H2,1-3H3,(H,14,17). The number of hydrogen-bond acceptors (Lipinski definition) is 4. The molecule has 6 nitrogen and oxygen atoms in total. The average molecular weight is 286 g/mol. The van der Waals surface area contributed by atoms with Gasteiger partial charge in [-0.1, -0.05) is 0 Å². The van der Waals surface area contributed by atoms with Gasteiger partial charge in [0.15, 0.2) is 0 Å². The molecular weight excluding hydrogens is 264 g/mol. The summed E-state index contributed by atoms with van der Waals surface area (Å²) in [5.74, 6) is 0.490. The van der Waals surface area contributed by atoms with E-state index in [-0.39, 0.29) is 10.7 Å². The number of nitrogens with zero attached hydrogens (tertiary/aromatic N) is 3. The van der Waals surface area contributed by atoms with Crippen molar-refractivity contribution in [1.82, 2.24) is 20.1 Å². The summed E-state index contributed by atoms with van der Waals surface area (Å²) in [7, 11) is -0.921. The molecule has 108 valence electrons. The van der Waals surface area contributed by atoms with Crippen LogP contribution >= 0.6 is 0 Å². The van der Waals surface area contributed by atoms with Crippen LogP contribution in [0.25, 0.3) is 0 Å². The number of aromatic nitrogens is 3. The molecule has 7 heteroatoms. The first-order chi connectivity index (χ1) is 8.89. The van der Waals surface area contributed by atoms with Crippen LogP contribution in [0.2, 0.25) is 0 Å². The number of nitrogens with one attached hydrogen (secondary N) is 1. The Labute approximate surface area is 116 Å². The Morgan fingerprint density at radius 3 is 2.74 bits per heavy atom. The highest BCUT2D eigenvalue weighted by atomic mass is 32.2. The Morgan fingerprint density at radius 2 is 2.16 bits per heavy atom. The van der Waals surface area contributed by atoms with Gasteiger partial charge in [0.25, 0.3) is 0 Å². The molecule has 1 unspecified atom stereocenters. The fraction of sp³-hybridized carbons (Fsp3) is 0.750. The lowest BCUT2D eigenvalue weighted by molar-refractivity contribution is -0.121. The van der Waals surface area contributed by atoms with Gasteiger partial charge in [0, 0.05) is 40.8 Å². The number of carbonyl (C=O) groups excluding carboxylic acids is 1.